The zero-order valence-electron chi connectivity index (χ0n) is 10.4. The molecule has 0 aliphatic carbocycles. The smallest absolute Gasteiger partial charge is 0.183 e. The lowest BCUT2D eigenvalue weighted by Crippen LogP contribution is -1.90. The summed E-state index contributed by atoms with van der Waals surface area (Å²) >= 11 is 3.39. The Bertz CT molecular complexity index is 851. The summed E-state index contributed by atoms with van der Waals surface area (Å²) in [4.78, 5) is 8.00. The second kappa shape index (κ2) is 4.77. The summed E-state index contributed by atoms with van der Waals surface area (Å²) in [5.74, 6) is 0.678. The third-order valence-corrected chi connectivity index (χ3v) is 5.03. The van der Waals surface area contributed by atoms with Gasteiger partial charge in [-0.3, -0.25) is 0 Å². The highest BCUT2D eigenvalue weighted by Gasteiger charge is 2.10. The molecule has 0 aliphatic heterocycles. The van der Waals surface area contributed by atoms with Crippen LogP contribution in [0.15, 0.2) is 53.9 Å². The van der Waals surface area contributed by atoms with Gasteiger partial charge in [0.15, 0.2) is 5.82 Å². The van der Waals surface area contributed by atoms with Crippen LogP contribution in [0.1, 0.15) is 0 Å². The molecule has 0 radical (unpaired) electrons. The van der Waals surface area contributed by atoms with Crippen LogP contribution < -0.4 is 0 Å². The first kappa shape index (κ1) is 11.7. The zero-order chi connectivity index (χ0) is 13.4. The molecule has 0 saturated carbocycles. The molecule has 0 saturated heterocycles. The third kappa shape index (κ3) is 2.01. The van der Waals surface area contributed by atoms with E-state index in [1.807, 2.05) is 30.3 Å². The van der Waals surface area contributed by atoms with Crippen molar-refractivity contribution in [2.24, 2.45) is 0 Å². The van der Waals surface area contributed by atoms with Crippen LogP contribution in [-0.4, -0.2) is 15.2 Å². The van der Waals surface area contributed by atoms with E-state index in [1.54, 1.807) is 22.7 Å². The van der Waals surface area contributed by atoms with Gasteiger partial charge in [-0.15, -0.1) is 32.9 Å². The fraction of sp³-hybridized carbons (Fsp3) is 0. The highest BCUT2D eigenvalue weighted by Crippen LogP contribution is 2.34. The number of hydrogen-bond acceptors (Lipinski definition) is 5. The van der Waals surface area contributed by atoms with Crippen LogP contribution in [0.2, 0.25) is 0 Å². The van der Waals surface area contributed by atoms with Gasteiger partial charge in [-0.25, -0.2) is 4.98 Å². The fourth-order valence-corrected chi connectivity index (χ4v) is 3.78. The van der Waals surface area contributed by atoms with Gasteiger partial charge < -0.3 is 0 Å². The molecule has 4 aromatic rings. The van der Waals surface area contributed by atoms with Gasteiger partial charge in [0, 0.05) is 15.3 Å². The first-order valence-corrected chi connectivity index (χ1v) is 7.83. The highest BCUT2D eigenvalue weighted by molar-refractivity contribution is 7.25. The Balaban J connectivity index is 1.84. The van der Waals surface area contributed by atoms with E-state index in [2.05, 4.69) is 38.8 Å². The maximum atomic E-state index is 4.63. The van der Waals surface area contributed by atoms with Crippen LogP contribution >= 0.6 is 22.7 Å². The lowest BCUT2D eigenvalue weighted by molar-refractivity contribution is 1.04. The molecule has 4 rings (SSSR count). The molecule has 96 valence electrons. The molecule has 0 atom stereocenters. The lowest BCUT2D eigenvalue weighted by Gasteiger charge is -1.97. The molecule has 0 N–H and O–H groups in total. The molecule has 0 amide bonds. The lowest BCUT2D eigenvalue weighted by atomic mass is 10.2. The van der Waals surface area contributed by atoms with Crippen molar-refractivity contribution in [1.29, 1.82) is 0 Å². The van der Waals surface area contributed by atoms with Crippen LogP contribution in [0.4, 0.5) is 0 Å². The Labute approximate surface area is 123 Å². The molecular weight excluding hydrogens is 286 g/mol. The minimum atomic E-state index is 0.678. The average Bonchev–Trinajstić information content (AvgIpc) is 3.16. The topological polar surface area (TPSA) is 38.7 Å². The van der Waals surface area contributed by atoms with E-state index in [1.165, 1.54) is 9.75 Å². The first-order chi connectivity index (χ1) is 9.90. The molecule has 0 spiro atoms. The van der Waals surface area contributed by atoms with Gasteiger partial charge in [0.2, 0.25) is 0 Å². The molecule has 0 fully saturated rings. The van der Waals surface area contributed by atoms with Gasteiger partial charge in [0.05, 0.1) is 0 Å². The van der Waals surface area contributed by atoms with Crippen molar-refractivity contribution in [3.8, 4) is 21.1 Å². The number of fused-ring (bicyclic) bond motifs is 1. The molecule has 3 aromatic heterocycles. The van der Waals surface area contributed by atoms with E-state index in [4.69, 9.17) is 0 Å². The van der Waals surface area contributed by atoms with Crippen molar-refractivity contribution in [3.63, 3.8) is 0 Å². The fourth-order valence-electron chi connectivity index (χ4n) is 1.99. The highest BCUT2D eigenvalue weighted by atomic mass is 32.1. The Morgan fingerprint density at radius 3 is 2.55 bits per heavy atom. The number of aromatic nitrogens is 3. The Kier molecular flexibility index (Phi) is 2.79. The van der Waals surface area contributed by atoms with Crippen LogP contribution in [0, 0.1) is 0 Å². The zero-order valence-corrected chi connectivity index (χ0v) is 12.0. The predicted octanol–water partition coefficient (Wildman–Crippen LogP) is 4.48. The van der Waals surface area contributed by atoms with Crippen LogP contribution in [-0.2, 0) is 0 Å². The van der Waals surface area contributed by atoms with Crippen molar-refractivity contribution in [2.45, 2.75) is 0 Å². The van der Waals surface area contributed by atoms with E-state index >= 15 is 0 Å². The van der Waals surface area contributed by atoms with Gasteiger partial charge in [0.25, 0.3) is 0 Å². The molecular formula is C15H9N3S2. The molecule has 5 heteroatoms. The molecule has 0 aliphatic rings. The largest absolute Gasteiger partial charge is 0.214 e. The number of rotatable bonds is 2. The van der Waals surface area contributed by atoms with Gasteiger partial charge in [-0.05, 0) is 17.5 Å². The van der Waals surface area contributed by atoms with E-state index in [-0.39, 0.29) is 0 Å². The Morgan fingerprint density at radius 1 is 0.850 bits per heavy atom. The normalized spacial score (nSPS) is 11.0. The summed E-state index contributed by atoms with van der Waals surface area (Å²) in [5, 5.41) is 10.6. The summed E-state index contributed by atoms with van der Waals surface area (Å²) in [6, 6.07) is 16.2. The summed E-state index contributed by atoms with van der Waals surface area (Å²) in [7, 11) is 0. The van der Waals surface area contributed by atoms with Crippen molar-refractivity contribution < 1.29 is 0 Å². The quantitative estimate of drug-likeness (QED) is 0.547. The number of thiophene rings is 2. The monoisotopic (exact) mass is 295 g/mol. The summed E-state index contributed by atoms with van der Waals surface area (Å²) < 4.78 is 0. The van der Waals surface area contributed by atoms with Gasteiger partial charge in [-0.1, -0.05) is 36.4 Å². The van der Waals surface area contributed by atoms with Crippen molar-refractivity contribution in [2.75, 3.05) is 0 Å². The van der Waals surface area contributed by atoms with Gasteiger partial charge in [-0.2, -0.15) is 0 Å². The molecule has 1 aromatic carbocycles. The molecule has 0 bridgehead atoms. The molecule has 20 heavy (non-hydrogen) atoms. The van der Waals surface area contributed by atoms with Crippen molar-refractivity contribution in [3.05, 3.63) is 53.9 Å². The van der Waals surface area contributed by atoms with Crippen molar-refractivity contribution >= 4 is 33.0 Å². The van der Waals surface area contributed by atoms with E-state index in [0.29, 0.717) is 5.82 Å². The maximum absolute atomic E-state index is 4.63. The van der Waals surface area contributed by atoms with E-state index in [0.717, 1.165) is 15.9 Å². The minimum absolute atomic E-state index is 0.678. The van der Waals surface area contributed by atoms with Crippen LogP contribution in [0.3, 0.4) is 0 Å². The second-order valence-corrected chi connectivity index (χ2v) is 6.26. The summed E-state index contributed by atoms with van der Waals surface area (Å²) in [5.41, 5.74) is 1.85. The number of hydrogen-bond donors (Lipinski definition) is 0. The Morgan fingerprint density at radius 2 is 1.75 bits per heavy atom. The van der Waals surface area contributed by atoms with Gasteiger partial charge in [0.1, 0.15) is 10.3 Å². The molecule has 3 heterocycles. The minimum Gasteiger partial charge on any atom is -0.214 e. The number of benzene rings is 1. The van der Waals surface area contributed by atoms with Crippen LogP contribution in [0.25, 0.3) is 31.5 Å². The number of nitrogens with zero attached hydrogens (tertiary/aromatic N) is 3. The summed E-state index contributed by atoms with van der Waals surface area (Å²) in [6.45, 7) is 0. The third-order valence-electron chi connectivity index (χ3n) is 2.95. The van der Waals surface area contributed by atoms with E-state index in [9.17, 15) is 0 Å². The van der Waals surface area contributed by atoms with Gasteiger partial charge >= 0.3 is 0 Å². The average molecular weight is 295 g/mol. The molecule has 3 nitrogen and oxygen atoms in total. The SMILES string of the molecule is c1ccc(-c2nnc3cc(-c4cccs4)sc3n2)cc1. The second-order valence-electron chi connectivity index (χ2n) is 4.28. The maximum Gasteiger partial charge on any atom is 0.183 e. The Hall–Kier alpha value is -2.11. The van der Waals surface area contributed by atoms with E-state index < -0.39 is 0 Å². The first-order valence-electron chi connectivity index (χ1n) is 6.14. The van der Waals surface area contributed by atoms with Crippen molar-refractivity contribution in [1.82, 2.24) is 15.2 Å². The summed E-state index contributed by atoms with van der Waals surface area (Å²) in [6.07, 6.45) is 0. The standard InChI is InChI=1S/C15H9N3S2/c1-2-5-10(6-3-1)14-16-15-11(17-18-14)9-13(20-15)12-7-4-8-19-12/h1-9H. The predicted molar refractivity (Wildman–Crippen MR) is 84.0 cm³/mol. The molecule has 0 unspecified atom stereocenters. The van der Waals surface area contributed by atoms with Crippen LogP contribution in [0.5, 0.6) is 0 Å².